The van der Waals surface area contributed by atoms with Crippen molar-refractivity contribution in [2.45, 2.75) is 46.8 Å². The van der Waals surface area contributed by atoms with E-state index in [4.69, 9.17) is 0 Å². The van der Waals surface area contributed by atoms with Gasteiger partial charge in [-0.2, -0.15) is 0 Å². The lowest BCUT2D eigenvalue weighted by molar-refractivity contribution is 0.587. The molecule has 1 aromatic heterocycles. The van der Waals surface area contributed by atoms with Gasteiger partial charge in [0.1, 0.15) is 0 Å². The van der Waals surface area contributed by atoms with Crippen LogP contribution in [0.2, 0.25) is 0 Å². The van der Waals surface area contributed by atoms with Gasteiger partial charge in [-0.3, -0.25) is 0 Å². The molecule has 0 spiro atoms. The average Bonchev–Trinajstić information content (AvgIpc) is 2.82. The third-order valence-electron chi connectivity index (χ3n) is 3.53. The van der Waals surface area contributed by atoms with Crippen molar-refractivity contribution >= 4 is 17.0 Å². The van der Waals surface area contributed by atoms with Crippen molar-refractivity contribution in [1.29, 1.82) is 0 Å². The molecule has 1 heterocycles. The fraction of sp³-hybridized carbons (Fsp3) is 0.471. The quantitative estimate of drug-likeness (QED) is 0.877. The molecule has 0 unspecified atom stereocenters. The highest BCUT2D eigenvalue weighted by Gasteiger charge is 2.07. The summed E-state index contributed by atoms with van der Waals surface area (Å²) in [5.74, 6) is 0. The molecule has 0 aliphatic heterocycles. The first-order chi connectivity index (χ1) is 9.95. The highest BCUT2D eigenvalue weighted by molar-refractivity contribution is 7.09. The van der Waals surface area contributed by atoms with Crippen molar-refractivity contribution in [3.63, 3.8) is 0 Å². The summed E-state index contributed by atoms with van der Waals surface area (Å²) in [5.41, 5.74) is 5.09. The summed E-state index contributed by atoms with van der Waals surface area (Å²) in [7, 11) is 2.12. The number of rotatable bonds is 6. The second kappa shape index (κ2) is 7.05. The maximum absolute atomic E-state index is 4.53. The SMILES string of the molecule is Cc1nc(CN(C)c2ccc(CNC(C)C)c(C)c2)cs1. The first-order valence-corrected chi connectivity index (χ1v) is 8.28. The van der Waals surface area contributed by atoms with Crippen LogP contribution in [0.15, 0.2) is 23.6 Å². The Morgan fingerprint density at radius 3 is 2.62 bits per heavy atom. The monoisotopic (exact) mass is 303 g/mol. The Morgan fingerprint density at radius 1 is 1.29 bits per heavy atom. The number of aryl methyl sites for hydroxylation is 2. The number of hydrogen-bond acceptors (Lipinski definition) is 4. The Bertz CT molecular complexity index is 589. The number of anilines is 1. The van der Waals surface area contributed by atoms with Gasteiger partial charge in [0.2, 0.25) is 0 Å². The number of nitrogens with one attached hydrogen (secondary N) is 1. The molecule has 0 amide bonds. The van der Waals surface area contributed by atoms with Crippen LogP contribution >= 0.6 is 11.3 Å². The molecule has 0 fully saturated rings. The van der Waals surface area contributed by atoms with Gasteiger partial charge >= 0.3 is 0 Å². The number of thiazole rings is 1. The molecule has 0 bridgehead atoms. The van der Waals surface area contributed by atoms with Gasteiger partial charge in [-0.15, -0.1) is 11.3 Å². The van der Waals surface area contributed by atoms with Crippen LogP contribution in [-0.4, -0.2) is 18.1 Å². The fourth-order valence-corrected chi connectivity index (χ4v) is 2.85. The van der Waals surface area contributed by atoms with E-state index in [2.05, 4.69) is 73.5 Å². The number of benzene rings is 1. The smallest absolute Gasteiger partial charge is 0.0898 e. The van der Waals surface area contributed by atoms with Crippen molar-refractivity contribution in [2.24, 2.45) is 0 Å². The Hall–Kier alpha value is -1.39. The van der Waals surface area contributed by atoms with Crippen LogP contribution in [0, 0.1) is 13.8 Å². The molecule has 21 heavy (non-hydrogen) atoms. The van der Waals surface area contributed by atoms with E-state index in [-0.39, 0.29) is 0 Å². The Kier molecular flexibility index (Phi) is 5.37. The van der Waals surface area contributed by atoms with E-state index in [1.54, 1.807) is 11.3 Å². The minimum absolute atomic E-state index is 0.514. The van der Waals surface area contributed by atoms with Gasteiger partial charge in [-0.25, -0.2) is 4.98 Å². The first-order valence-electron chi connectivity index (χ1n) is 7.40. The largest absolute Gasteiger partial charge is 0.369 e. The number of nitrogens with zero attached hydrogens (tertiary/aromatic N) is 2. The lowest BCUT2D eigenvalue weighted by Crippen LogP contribution is -2.22. The zero-order valence-corrected chi connectivity index (χ0v) is 14.4. The standard InChI is InChI=1S/C17H25N3S/c1-12(2)18-9-15-6-7-17(8-13(15)3)20(5)10-16-11-21-14(4)19-16/h6-8,11-12,18H,9-10H2,1-5H3. The molecular formula is C17H25N3S. The van der Waals surface area contributed by atoms with Crippen LogP contribution in [0.4, 0.5) is 5.69 Å². The van der Waals surface area contributed by atoms with Gasteiger partial charge in [0.25, 0.3) is 0 Å². The van der Waals surface area contributed by atoms with Gasteiger partial charge in [0, 0.05) is 30.7 Å². The first kappa shape index (κ1) is 16.0. The number of hydrogen-bond donors (Lipinski definition) is 1. The van der Waals surface area contributed by atoms with Crippen molar-refractivity contribution in [1.82, 2.24) is 10.3 Å². The van der Waals surface area contributed by atoms with E-state index in [0.717, 1.165) is 23.8 Å². The van der Waals surface area contributed by atoms with E-state index in [9.17, 15) is 0 Å². The van der Waals surface area contributed by atoms with Gasteiger partial charge < -0.3 is 10.2 Å². The molecule has 2 rings (SSSR count). The topological polar surface area (TPSA) is 28.2 Å². The number of aromatic nitrogens is 1. The third kappa shape index (κ3) is 4.55. The summed E-state index contributed by atoms with van der Waals surface area (Å²) in [6, 6.07) is 7.20. The molecule has 0 aliphatic carbocycles. The maximum atomic E-state index is 4.53. The van der Waals surface area contributed by atoms with Crippen LogP contribution in [0.5, 0.6) is 0 Å². The maximum Gasteiger partial charge on any atom is 0.0898 e. The molecular weight excluding hydrogens is 278 g/mol. The zero-order chi connectivity index (χ0) is 15.4. The predicted molar refractivity (Wildman–Crippen MR) is 92.1 cm³/mol. The fourth-order valence-electron chi connectivity index (χ4n) is 2.25. The molecule has 1 N–H and O–H groups in total. The van der Waals surface area contributed by atoms with Gasteiger partial charge in [0.05, 0.1) is 17.2 Å². The second-order valence-electron chi connectivity index (χ2n) is 5.86. The van der Waals surface area contributed by atoms with Crippen LogP contribution in [0.1, 0.15) is 35.7 Å². The molecule has 4 heteroatoms. The zero-order valence-electron chi connectivity index (χ0n) is 13.6. The second-order valence-corrected chi connectivity index (χ2v) is 6.92. The highest BCUT2D eigenvalue weighted by Crippen LogP contribution is 2.20. The van der Waals surface area contributed by atoms with Gasteiger partial charge in [-0.05, 0) is 37.1 Å². The summed E-state index contributed by atoms with van der Waals surface area (Å²) in [6.45, 7) is 10.4. The van der Waals surface area contributed by atoms with Gasteiger partial charge in [-0.1, -0.05) is 19.9 Å². The van der Waals surface area contributed by atoms with Crippen LogP contribution in [-0.2, 0) is 13.1 Å². The third-order valence-corrected chi connectivity index (χ3v) is 4.36. The minimum atomic E-state index is 0.514. The summed E-state index contributed by atoms with van der Waals surface area (Å²) in [6.07, 6.45) is 0. The van der Waals surface area contributed by atoms with E-state index in [0.29, 0.717) is 6.04 Å². The summed E-state index contributed by atoms with van der Waals surface area (Å²) < 4.78 is 0. The summed E-state index contributed by atoms with van der Waals surface area (Å²) >= 11 is 1.71. The van der Waals surface area contributed by atoms with Crippen molar-refractivity contribution in [2.75, 3.05) is 11.9 Å². The molecule has 0 aliphatic rings. The summed E-state index contributed by atoms with van der Waals surface area (Å²) in [5, 5.41) is 6.74. The van der Waals surface area contributed by atoms with E-state index >= 15 is 0 Å². The molecule has 0 saturated heterocycles. The molecule has 114 valence electrons. The van der Waals surface area contributed by atoms with E-state index in [1.165, 1.54) is 16.8 Å². The molecule has 0 saturated carbocycles. The highest BCUT2D eigenvalue weighted by atomic mass is 32.1. The molecule has 1 aromatic carbocycles. The minimum Gasteiger partial charge on any atom is -0.369 e. The Balaban J connectivity index is 2.04. The van der Waals surface area contributed by atoms with Crippen LogP contribution in [0.25, 0.3) is 0 Å². The van der Waals surface area contributed by atoms with Gasteiger partial charge in [0.15, 0.2) is 0 Å². The van der Waals surface area contributed by atoms with Crippen LogP contribution < -0.4 is 10.2 Å². The Morgan fingerprint density at radius 2 is 2.05 bits per heavy atom. The van der Waals surface area contributed by atoms with Crippen LogP contribution in [0.3, 0.4) is 0 Å². The lowest BCUT2D eigenvalue weighted by atomic mass is 10.1. The molecule has 0 atom stereocenters. The predicted octanol–water partition coefficient (Wildman–Crippen LogP) is 3.89. The van der Waals surface area contributed by atoms with Crippen molar-refractivity contribution in [3.8, 4) is 0 Å². The van der Waals surface area contributed by atoms with Crippen molar-refractivity contribution in [3.05, 3.63) is 45.4 Å². The van der Waals surface area contributed by atoms with E-state index in [1.807, 2.05) is 0 Å². The van der Waals surface area contributed by atoms with Crippen molar-refractivity contribution < 1.29 is 0 Å². The van der Waals surface area contributed by atoms with E-state index < -0.39 is 0 Å². The Labute approximate surface area is 132 Å². The normalized spacial score (nSPS) is 11.1. The molecule has 3 nitrogen and oxygen atoms in total. The average molecular weight is 303 g/mol. The summed E-state index contributed by atoms with van der Waals surface area (Å²) in [4.78, 5) is 6.78. The lowest BCUT2D eigenvalue weighted by Gasteiger charge is -2.20. The molecule has 0 radical (unpaired) electrons. The molecule has 2 aromatic rings.